The number of fused-ring (bicyclic) bond motifs is 9. The monoisotopic (exact) mass is 1100 g/mol. The summed E-state index contributed by atoms with van der Waals surface area (Å²) in [5.41, 5.74) is 26.4. The highest BCUT2D eigenvalue weighted by Gasteiger charge is 2.48. The van der Waals surface area contributed by atoms with Crippen LogP contribution >= 0.6 is 11.3 Å². The number of aryl methyl sites for hydroxylation is 1. The minimum absolute atomic E-state index is 0.0113. The molecule has 0 unspecified atom stereocenters. The van der Waals surface area contributed by atoms with Gasteiger partial charge in [-0.2, -0.15) is 0 Å². The minimum atomic E-state index is -0.145. The third-order valence-corrected chi connectivity index (χ3v) is 21.3. The van der Waals surface area contributed by atoms with Crippen molar-refractivity contribution < 1.29 is 0 Å². The second-order valence-corrected chi connectivity index (χ2v) is 32.0. The molecule has 0 atom stereocenters. The summed E-state index contributed by atoms with van der Waals surface area (Å²) in [6.07, 6.45) is 4.66. The van der Waals surface area contributed by atoms with Crippen molar-refractivity contribution in [2.24, 2.45) is 0 Å². The van der Waals surface area contributed by atoms with Gasteiger partial charge in [0.05, 0.1) is 0 Å². The quantitative estimate of drug-likeness (QED) is 0.159. The Bertz CT molecular complexity index is 4010. The molecule has 4 aliphatic rings. The molecule has 5 heteroatoms. The Morgan fingerprint density at radius 1 is 0.427 bits per heavy atom. The van der Waals surface area contributed by atoms with Crippen molar-refractivity contribution in [3.63, 3.8) is 0 Å². The standard InChI is InChI=1S/C77H86BN3S/c1-47-39-60-62(77(17,18)38-37-75(60,13)14)45-64(47)80-66-43-53(79(51-27-23-48(24-28-51)71(2,3)4)52-29-25-49(26-30-52)72(5,6)7)32-34-63(66)78-70-58(40-50(41-67(70)80)73(8,9)10)56-44-57-55-21-19-20-22-68(55)82-69(57)46-65(56)81(78)54-31-33-59-61(42-54)76(15,16)36-35-74(59,11)12/h19-34,39-46H,35-38H2,1-18H3. The summed E-state index contributed by atoms with van der Waals surface area (Å²) in [6.45, 7) is 43.1. The predicted molar refractivity (Wildman–Crippen MR) is 359 cm³/mol. The molecule has 3 heterocycles. The zero-order valence-corrected chi connectivity index (χ0v) is 53.3. The van der Waals surface area contributed by atoms with E-state index in [9.17, 15) is 0 Å². The summed E-state index contributed by atoms with van der Waals surface area (Å²) in [5, 5.41) is 2.66. The number of anilines is 8. The molecule has 0 saturated carbocycles. The molecule has 13 rings (SSSR count). The Kier molecular flexibility index (Phi) is 12.2. The molecule has 0 N–H and O–H groups in total. The van der Waals surface area contributed by atoms with Crippen LogP contribution in [0.25, 0.3) is 31.3 Å². The summed E-state index contributed by atoms with van der Waals surface area (Å²) in [5.74, 6) is 0. The van der Waals surface area contributed by atoms with Gasteiger partial charge in [0.1, 0.15) is 0 Å². The van der Waals surface area contributed by atoms with Crippen molar-refractivity contribution in [2.45, 2.75) is 188 Å². The Labute approximate surface area is 495 Å². The SMILES string of the molecule is Cc1cc2c(cc1N1c3cc(N(c4ccc(C(C)(C)C)cc4)c4ccc(C(C)(C)C)cc4)ccc3B3c4c(cc(C(C)(C)C)cc41)-c1cc4c(cc1N3c1ccc3c(c1)C(C)(C)CCC3(C)C)sc1ccccc14)C(C)(C)CCC2(C)C. The molecule has 418 valence electrons. The average Bonchev–Trinajstić information content (AvgIpc) is 1.85. The van der Waals surface area contributed by atoms with Crippen LogP contribution in [0.2, 0.25) is 0 Å². The second-order valence-electron chi connectivity index (χ2n) is 30.9. The van der Waals surface area contributed by atoms with E-state index in [0.717, 1.165) is 29.9 Å². The Hall–Kier alpha value is -6.56. The van der Waals surface area contributed by atoms with Crippen molar-refractivity contribution in [1.82, 2.24) is 0 Å². The highest BCUT2D eigenvalue weighted by Crippen LogP contribution is 2.56. The smallest absolute Gasteiger partial charge is 0.333 e. The van der Waals surface area contributed by atoms with Gasteiger partial charge in [0, 0.05) is 71.2 Å². The number of thiophene rings is 1. The van der Waals surface area contributed by atoms with Crippen molar-refractivity contribution in [1.29, 1.82) is 0 Å². The summed E-state index contributed by atoms with van der Waals surface area (Å²) in [6, 6.07) is 58.5. The Morgan fingerprint density at radius 3 is 1.55 bits per heavy atom. The number of benzene rings is 8. The van der Waals surface area contributed by atoms with E-state index in [1.807, 2.05) is 11.3 Å². The molecule has 0 radical (unpaired) electrons. The fourth-order valence-corrected chi connectivity index (χ4v) is 15.7. The zero-order chi connectivity index (χ0) is 58.2. The minimum Gasteiger partial charge on any atom is -0.376 e. The molecule has 3 nitrogen and oxygen atoms in total. The van der Waals surface area contributed by atoms with Crippen LogP contribution in [-0.2, 0) is 37.9 Å². The topological polar surface area (TPSA) is 9.72 Å². The van der Waals surface area contributed by atoms with E-state index < -0.39 is 0 Å². The van der Waals surface area contributed by atoms with Gasteiger partial charge in [-0.1, -0.05) is 184 Å². The molecule has 1 aromatic heterocycles. The maximum Gasteiger partial charge on any atom is 0.333 e. The van der Waals surface area contributed by atoms with Gasteiger partial charge in [0.2, 0.25) is 0 Å². The molecule has 8 aromatic carbocycles. The van der Waals surface area contributed by atoms with Gasteiger partial charge < -0.3 is 14.6 Å². The normalized spacial score (nSPS) is 17.5. The molecule has 9 aromatic rings. The lowest BCUT2D eigenvalue weighted by Crippen LogP contribution is -2.61. The van der Waals surface area contributed by atoms with Gasteiger partial charge >= 0.3 is 6.85 Å². The van der Waals surface area contributed by atoms with E-state index in [-0.39, 0.29) is 44.8 Å². The van der Waals surface area contributed by atoms with Gasteiger partial charge in [-0.05, 0) is 210 Å². The molecule has 2 aliphatic heterocycles. The Morgan fingerprint density at radius 2 is 0.963 bits per heavy atom. The molecule has 0 spiro atoms. The maximum absolute atomic E-state index is 2.79. The summed E-state index contributed by atoms with van der Waals surface area (Å²) in [7, 11) is 0. The lowest BCUT2D eigenvalue weighted by Gasteiger charge is -2.48. The number of rotatable bonds is 5. The molecule has 82 heavy (non-hydrogen) atoms. The van der Waals surface area contributed by atoms with Crippen molar-refractivity contribution in [3.8, 4) is 11.1 Å². The lowest BCUT2D eigenvalue weighted by atomic mass is 9.43. The van der Waals surface area contributed by atoms with Crippen LogP contribution in [0.3, 0.4) is 0 Å². The largest absolute Gasteiger partial charge is 0.376 e. The van der Waals surface area contributed by atoms with Crippen LogP contribution in [0.1, 0.15) is 188 Å². The molecule has 0 bridgehead atoms. The highest BCUT2D eigenvalue weighted by molar-refractivity contribution is 7.25. The van der Waals surface area contributed by atoms with E-state index in [0.29, 0.717) is 0 Å². The summed E-state index contributed by atoms with van der Waals surface area (Å²) >= 11 is 1.93. The van der Waals surface area contributed by atoms with E-state index in [1.54, 1.807) is 0 Å². The van der Waals surface area contributed by atoms with Gasteiger partial charge in [-0.25, -0.2) is 0 Å². The van der Waals surface area contributed by atoms with E-state index in [4.69, 9.17) is 0 Å². The first-order valence-corrected chi connectivity index (χ1v) is 31.4. The van der Waals surface area contributed by atoms with Crippen LogP contribution < -0.4 is 25.5 Å². The fourth-order valence-electron chi connectivity index (χ4n) is 14.6. The van der Waals surface area contributed by atoms with Crippen molar-refractivity contribution in [3.05, 3.63) is 190 Å². The Balaban J connectivity index is 1.16. The van der Waals surface area contributed by atoms with Crippen molar-refractivity contribution in [2.75, 3.05) is 14.6 Å². The average molecular weight is 1100 g/mol. The first-order chi connectivity index (χ1) is 38.4. The molecule has 2 aliphatic carbocycles. The number of hydrogen-bond acceptors (Lipinski definition) is 4. The zero-order valence-electron chi connectivity index (χ0n) is 52.5. The van der Waals surface area contributed by atoms with Crippen LogP contribution in [-0.4, -0.2) is 6.85 Å². The molecular formula is C77H86BN3S. The van der Waals surface area contributed by atoms with Gasteiger partial charge in [0.15, 0.2) is 0 Å². The van der Waals surface area contributed by atoms with E-state index in [2.05, 4.69) is 285 Å². The fraction of sp³-hybridized carbons (Fsp3) is 0.377. The lowest BCUT2D eigenvalue weighted by molar-refractivity contribution is 0.332. The summed E-state index contributed by atoms with van der Waals surface area (Å²) in [4.78, 5) is 8.03. The van der Waals surface area contributed by atoms with Crippen molar-refractivity contribution >= 4 is 94.8 Å². The second kappa shape index (κ2) is 18.2. The van der Waals surface area contributed by atoms with Crippen LogP contribution in [0.5, 0.6) is 0 Å². The van der Waals surface area contributed by atoms with Crippen LogP contribution in [0, 0.1) is 6.92 Å². The first kappa shape index (κ1) is 54.7. The van der Waals surface area contributed by atoms with Gasteiger partial charge in [-0.15, -0.1) is 11.3 Å². The van der Waals surface area contributed by atoms with Crippen LogP contribution in [0.15, 0.2) is 146 Å². The van der Waals surface area contributed by atoms with Gasteiger partial charge in [0.25, 0.3) is 0 Å². The molecule has 0 fully saturated rings. The number of nitrogens with zero attached hydrogens (tertiary/aromatic N) is 3. The van der Waals surface area contributed by atoms with E-state index >= 15 is 0 Å². The highest BCUT2D eigenvalue weighted by atomic mass is 32.1. The molecule has 0 amide bonds. The van der Waals surface area contributed by atoms with Crippen LogP contribution in [0.4, 0.5) is 45.5 Å². The summed E-state index contributed by atoms with van der Waals surface area (Å²) < 4.78 is 2.66. The number of hydrogen-bond donors (Lipinski definition) is 0. The van der Waals surface area contributed by atoms with E-state index in [1.165, 1.54) is 128 Å². The third-order valence-electron chi connectivity index (χ3n) is 20.2. The third kappa shape index (κ3) is 8.70. The van der Waals surface area contributed by atoms with Gasteiger partial charge in [-0.3, -0.25) is 0 Å². The maximum atomic E-state index is 2.79. The molecular weight excluding hydrogens is 1010 g/mol. The molecule has 0 saturated heterocycles. The first-order valence-electron chi connectivity index (χ1n) is 30.6. The predicted octanol–water partition coefficient (Wildman–Crippen LogP) is 21.1.